The number of hydrogen-bond acceptors (Lipinski definition) is 5. The van der Waals surface area contributed by atoms with Gasteiger partial charge in [0.15, 0.2) is 0 Å². The monoisotopic (exact) mass is 527 g/mol. The molecule has 0 saturated carbocycles. The molecule has 3 amide bonds. The van der Waals surface area contributed by atoms with Gasteiger partial charge in [-0.15, -0.1) is 0 Å². The maximum Gasteiger partial charge on any atom is 0.270 e. The minimum Gasteiger partial charge on any atom is -0.496 e. The minimum absolute atomic E-state index is 0.0825. The molecule has 1 aromatic heterocycles. The summed E-state index contributed by atoms with van der Waals surface area (Å²) in [5, 5.41) is 13.8. The van der Waals surface area contributed by atoms with Crippen LogP contribution in [0.5, 0.6) is 5.75 Å². The van der Waals surface area contributed by atoms with Crippen LogP contribution in [0.1, 0.15) is 49.7 Å². The van der Waals surface area contributed by atoms with Crippen molar-refractivity contribution in [1.82, 2.24) is 14.8 Å². The van der Waals surface area contributed by atoms with E-state index >= 15 is 0 Å². The van der Waals surface area contributed by atoms with Gasteiger partial charge in [0.1, 0.15) is 23.5 Å². The highest BCUT2D eigenvalue weighted by Crippen LogP contribution is 2.46. The number of nitrogens with zero attached hydrogens (tertiary/aromatic N) is 3. The van der Waals surface area contributed by atoms with Crippen molar-refractivity contribution < 1.29 is 19.1 Å². The number of ether oxygens (including phenoxy) is 1. The number of anilines is 1. The van der Waals surface area contributed by atoms with Gasteiger partial charge in [0.25, 0.3) is 5.91 Å². The molecule has 2 aromatic carbocycles. The van der Waals surface area contributed by atoms with E-state index in [-0.39, 0.29) is 36.1 Å². The molecule has 5 rings (SSSR count). The maximum atomic E-state index is 14.2. The van der Waals surface area contributed by atoms with Crippen molar-refractivity contribution in [2.24, 2.45) is 5.41 Å². The van der Waals surface area contributed by atoms with Crippen LogP contribution < -0.4 is 10.1 Å². The third-order valence-electron chi connectivity index (χ3n) is 7.87. The molecular weight excluding hydrogens is 494 g/mol. The number of benzene rings is 2. The Morgan fingerprint density at radius 1 is 1.23 bits per heavy atom. The molecule has 39 heavy (non-hydrogen) atoms. The van der Waals surface area contributed by atoms with Crippen LogP contribution in [0, 0.1) is 16.7 Å². The minimum atomic E-state index is -0.991. The SMILES string of the molecule is COc1cccc2[nH]c(C(=O)N(C)[C@@H](CC(C)(C)C)C(=O)N3C[C@]4(C[C@H]3C#N)C(=O)Nc3ccccc34)cc12. The summed E-state index contributed by atoms with van der Waals surface area (Å²) in [6, 6.07) is 15.3. The van der Waals surface area contributed by atoms with Gasteiger partial charge in [-0.25, -0.2) is 0 Å². The maximum absolute atomic E-state index is 14.2. The van der Waals surface area contributed by atoms with E-state index in [1.165, 1.54) is 9.80 Å². The highest BCUT2D eigenvalue weighted by molar-refractivity contribution is 6.07. The average molecular weight is 528 g/mol. The molecule has 1 saturated heterocycles. The topological polar surface area (TPSA) is 119 Å². The first-order valence-corrected chi connectivity index (χ1v) is 13.0. The summed E-state index contributed by atoms with van der Waals surface area (Å²) in [6.07, 6.45) is 0.585. The Morgan fingerprint density at radius 3 is 2.67 bits per heavy atom. The summed E-state index contributed by atoms with van der Waals surface area (Å²) >= 11 is 0. The predicted molar refractivity (Wildman–Crippen MR) is 147 cm³/mol. The van der Waals surface area contributed by atoms with E-state index in [1.807, 2.05) is 63.2 Å². The summed E-state index contributed by atoms with van der Waals surface area (Å²) in [6.45, 7) is 6.10. The molecule has 0 unspecified atom stereocenters. The molecule has 9 nitrogen and oxygen atoms in total. The van der Waals surface area contributed by atoms with Gasteiger partial charge >= 0.3 is 0 Å². The third kappa shape index (κ3) is 4.40. The first-order valence-electron chi connectivity index (χ1n) is 13.0. The van der Waals surface area contributed by atoms with Crippen LogP contribution in [0.4, 0.5) is 5.69 Å². The third-order valence-corrected chi connectivity index (χ3v) is 7.87. The van der Waals surface area contributed by atoms with Crippen LogP contribution in [0.15, 0.2) is 48.5 Å². The first-order chi connectivity index (χ1) is 18.5. The largest absolute Gasteiger partial charge is 0.496 e. The van der Waals surface area contributed by atoms with Gasteiger partial charge in [-0.2, -0.15) is 5.26 Å². The van der Waals surface area contributed by atoms with Crippen molar-refractivity contribution in [3.8, 4) is 11.8 Å². The fourth-order valence-corrected chi connectivity index (χ4v) is 5.90. The van der Waals surface area contributed by atoms with E-state index < -0.39 is 17.5 Å². The number of nitriles is 1. The fourth-order valence-electron chi connectivity index (χ4n) is 5.90. The molecule has 0 radical (unpaired) electrons. The van der Waals surface area contributed by atoms with Gasteiger partial charge in [-0.05, 0) is 41.7 Å². The average Bonchev–Trinajstić information content (AvgIpc) is 3.60. The predicted octanol–water partition coefficient (Wildman–Crippen LogP) is 4.07. The first kappa shape index (κ1) is 26.3. The van der Waals surface area contributed by atoms with Gasteiger partial charge in [-0.1, -0.05) is 45.0 Å². The molecule has 3 aromatic rings. The molecule has 2 aliphatic rings. The molecule has 3 heterocycles. The molecule has 0 aliphatic carbocycles. The second kappa shape index (κ2) is 9.45. The zero-order valence-electron chi connectivity index (χ0n) is 22.9. The molecule has 2 aliphatic heterocycles. The molecule has 1 fully saturated rings. The Kier molecular flexibility index (Phi) is 6.37. The standard InChI is InChI=1S/C30H33N5O4/c1-29(2,3)15-24(34(4)26(36)23-13-19-21(32-23)11-8-12-25(19)39-5)27(37)35-17-30(14-18(35)16-31)20-9-6-7-10-22(20)33-28(30)38/h6-13,18,24,32H,14-15,17H2,1-5H3,(H,33,38)/t18-,24-,30-/m0/s1. The zero-order chi connectivity index (χ0) is 28.1. The van der Waals surface area contributed by atoms with Crippen LogP contribution in [0.25, 0.3) is 10.9 Å². The lowest BCUT2D eigenvalue weighted by Crippen LogP contribution is -2.52. The van der Waals surface area contributed by atoms with Crippen molar-refractivity contribution >= 4 is 34.3 Å². The number of likely N-dealkylation sites (tertiary alicyclic amines) is 1. The Balaban J connectivity index is 1.48. The Hall–Kier alpha value is -4.32. The number of rotatable bonds is 5. The molecular formula is C30H33N5O4. The number of methoxy groups -OCH3 is 1. The van der Waals surface area contributed by atoms with E-state index in [1.54, 1.807) is 20.2 Å². The number of para-hydroxylation sites is 1. The molecule has 3 atom stereocenters. The van der Waals surface area contributed by atoms with Crippen molar-refractivity contribution in [2.75, 3.05) is 26.0 Å². The second-order valence-electron chi connectivity index (χ2n) is 11.7. The van der Waals surface area contributed by atoms with Crippen LogP contribution in [0.3, 0.4) is 0 Å². The molecule has 0 bridgehead atoms. The van der Waals surface area contributed by atoms with E-state index in [2.05, 4.69) is 16.4 Å². The van der Waals surface area contributed by atoms with E-state index in [0.29, 0.717) is 23.6 Å². The van der Waals surface area contributed by atoms with Crippen molar-refractivity contribution in [3.05, 3.63) is 59.8 Å². The normalized spacial score (nSPS) is 21.0. The number of carbonyl (C=O) groups excluding carboxylic acids is 3. The summed E-state index contributed by atoms with van der Waals surface area (Å²) in [5.41, 5.74) is 1.31. The van der Waals surface area contributed by atoms with Gasteiger partial charge in [-0.3, -0.25) is 14.4 Å². The second-order valence-corrected chi connectivity index (χ2v) is 11.7. The lowest BCUT2D eigenvalue weighted by atomic mass is 9.80. The number of aromatic amines is 1. The number of carbonyl (C=O) groups is 3. The van der Waals surface area contributed by atoms with E-state index in [9.17, 15) is 19.6 Å². The number of likely N-dealkylation sites (N-methyl/N-ethyl adjacent to an activating group) is 1. The van der Waals surface area contributed by atoms with Crippen LogP contribution in [-0.2, 0) is 15.0 Å². The number of H-pyrrole nitrogens is 1. The number of fused-ring (bicyclic) bond motifs is 3. The summed E-state index contributed by atoms with van der Waals surface area (Å²) in [4.78, 5) is 47.3. The Bertz CT molecular complexity index is 1510. The Labute approximate surface area is 227 Å². The molecule has 9 heteroatoms. The van der Waals surface area contributed by atoms with Gasteiger partial charge < -0.3 is 24.8 Å². The number of nitrogens with one attached hydrogen (secondary N) is 2. The number of amides is 3. The van der Waals surface area contributed by atoms with Gasteiger partial charge in [0.05, 0.1) is 18.6 Å². The van der Waals surface area contributed by atoms with Crippen LogP contribution in [-0.4, -0.2) is 65.3 Å². The molecule has 1 spiro atoms. The lowest BCUT2D eigenvalue weighted by Gasteiger charge is -2.35. The van der Waals surface area contributed by atoms with E-state index in [4.69, 9.17) is 4.74 Å². The van der Waals surface area contributed by atoms with Crippen molar-refractivity contribution in [3.63, 3.8) is 0 Å². The van der Waals surface area contributed by atoms with Crippen LogP contribution in [0.2, 0.25) is 0 Å². The Morgan fingerprint density at radius 2 is 1.97 bits per heavy atom. The van der Waals surface area contributed by atoms with E-state index in [0.717, 1.165) is 16.5 Å². The quantitative estimate of drug-likeness (QED) is 0.519. The molecule has 202 valence electrons. The summed E-state index contributed by atoms with van der Waals surface area (Å²) < 4.78 is 5.43. The summed E-state index contributed by atoms with van der Waals surface area (Å²) in [5.74, 6) is -0.248. The number of aromatic nitrogens is 1. The van der Waals surface area contributed by atoms with Gasteiger partial charge in [0, 0.05) is 36.6 Å². The number of hydrogen-bond donors (Lipinski definition) is 2. The zero-order valence-corrected chi connectivity index (χ0v) is 22.9. The van der Waals surface area contributed by atoms with Gasteiger partial charge in [0.2, 0.25) is 11.8 Å². The lowest BCUT2D eigenvalue weighted by molar-refractivity contribution is -0.137. The summed E-state index contributed by atoms with van der Waals surface area (Å²) in [7, 11) is 3.19. The van der Waals surface area contributed by atoms with Crippen molar-refractivity contribution in [2.45, 2.75) is 51.1 Å². The molecule has 2 N–H and O–H groups in total. The van der Waals surface area contributed by atoms with Crippen molar-refractivity contribution in [1.29, 1.82) is 5.26 Å². The fraction of sp³-hybridized carbons (Fsp3) is 0.400. The highest BCUT2D eigenvalue weighted by Gasteiger charge is 2.56. The highest BCUT2D eigenvalue weighted by atomic mass is 16.5. The van der Waals surface area contributed by atoms with Crippen LogP contribution >= 0.6 is 0 Å². The smallest absolute Gasteiger partial charge is 0.270 e.